The average molecular weight is 130 g/mol. The van der Waals surface area contributed by atoms with Crippen LogP contribution in [-0.2, 0) is 0 Å². The van der Waals surface area contributed by atoms with Gasteiger partial charge in [0, 0.05) is 5.25 Å². The molecule has 48 valence electrons. The van der Waals surface area contributed by atoms with E-state index in [-0.39, 0.29) is 0 Å². The standard InChI is InChI=1S/C7H14S/c1-6(2)7-4-3-5-8-7/h6-7H,3-5H2,1-2H3. The summed E-state index contributed by atoms with van der Waals surface area (Å²) >= 11 is 2.15. The second kappa shape index (κ2) is 2.77. The van der Waals surface area contributed by atoms with Crippen molar-refractivity contribution >= 4 is 11.8 Å². The minimum absolute atomic E-state index is 0.905. The van der Waals surface area contributed by atoms with Crippen LogP contribution in [0.5, 0.6) is 0 Å². The molecule has 1 heterocycles. The fourth-order valence-electron chi connectivity index (χ4n) is 1.13. The molecular weight excluding hydrogens is 116 g/mol. The van der Waals surface area contributed by atoms with E-state index in [0.717, 1.165) is 11.2 Å². The van der Waals surface area contributed by atoms with Gasteiger partial charge in [-0.1, -0.05) is 13.8 Å². The Labute approximate surface area is 56.0 Å². The highest BCUT2D eigenvalue weighted by molar-refractivity contribution is 8.00. The van der Waals surface area contributed by atoms with Crippen molar-refractivity contribution < 1.29 is 0 Å². The Hall–Kier alpha value is 0.350. The van der Waals surface area contributed by atoms with Crippen LogP contribution >= 0.6 is 11.8 Å². The van der Waals surface area contributed by atoms with Crippen molar-refractivity contribution in [2.45, 2.75) is 31.9 Å². The molecule has 0 N–H and O–H groups in total. The van der Waals surface area contributed by atoms with Crippen molar-refractivity contribution in [3.8, 4) is 0 Å². The van der Waals surface area contributed by atoms with Crippen molar-refractivity contribution in [1.29, 1.82) is 0 Å². The smallest absolute Gasteiger partial charge is 0.00703 e. The summed E-state index contributed by atoms with van der Waals surface area (Å²) in [6, 6.07) is 0. The Balaban J connectivity index is 2.24. The first-order chi connectivity index (χ1) is 3.80. The molecule has 8 heavy (non-hydrogen) atoms. The third-order valence-electron chi connectivity index (χ3n) is 1.71. The summed E-state index contributed by atoms with van der Waals surface area (Å²) < 4.78 is 0. The van der Waals surface area contributed by atoms with Gasteiger partial charge in [-0.15, -0.1) is 0 Å². The second-order valence-electron chi connectivity index (χ2n) is 2.80. The largest absolute Gasteiger partial charge is 0.158 e. The molecule has 0 aromatic rings. The van der Waals surface area contributed by atoms with Gasteiger partial charge in [0.2, 0.25) is 0 Å². The lowest BCUT2D eigenvalue weighted by atomic mass is 10.1. The van der Waals surface area contributed by atoms with E-state index >= 15 is 0 Å². The van der Waals surface area contributed by atoms with Gasteiger partial charge >= 0.3 is 0 Å². The van der Waals surface area contributed by atoms with Crippen LogP contribution in [0.2, 0.25) is 0 Å². The predicted octanol–water partition coefficient (Wildman–Crippen LogP) is 2.54. The maximum Gasteiger partial charge on any atom is 0.00703 e. The van der Waals surface area contributed by atoms with Crippen LogP contribution in [0.3, 0.4) is 0 Å². The van der Waals surface area contributed by atoms with Crippen LogP contribution in [0.4, 0.5) is 0 Å². The Morgan fingerprint density at radius 2 is 2.25 bits per heavy atom. The summed E-state index contributed by atoms with van der Waals surface area (Å²) in [7, 11) is 0. The molecule has 1 rings (SSSR count). The molecule has 0 saturated carbocycles. The van der Waals surface area contributed by atoms with Gasteiger partial charge in [0.15, 0.2) is 0 Å². The highest BCUT2D eigenvalue weighted by atomic mass is 32.2. The number of hydrogen-bond donors (Lipinski definition) is 0. The molecule has 1 heteroatoms. The summed E-state index contributed by atoms with van der Waals surface area (Å²) in [5, 5.41) is 0.981. The second-order valence-corrected chi connectivity index (χ2v) is 4.14. The maximum absolute atomic E-state index is 2.32. The monoisotopic (exact) mass is 130 g/mol. The molecule has 1 saturated heterocycles. The molecule has 1 atom stereocenters. The van der Waals surface area contributed by atoms with E-state index < -0.39 is 0 Å². The molecule has 0 aliphatic carbocycles. The zero-order valence-corrected chi connectivity index (χ0v) is 6.50. The van der Waals surface area contributed by atoms with Crippen LogP contribution in [0.25, 0.3) is 0 Å². The summed E-state index contributed by atoms with van der Waals surface area (Å²) in [5.74, 6) is 2.31. The topological polar surface area (TPSA) is 0 Å². The van der Waals surface area contributed by atoms with Crippen LogP contribution in [0.15, 0.2) is 0 Å². The number of hydrogen-bond acceptors (Lipinski definition) is 1. The van der Waals surface area contributed by atoms with Gasteiger partial charge in [0.25, 0.3) is 0 Å². The molecule has 0 aromatic carbocycles. The van der Waals surface area contributed by atoms with E-state index in [1.807, 2.05) is 0 Å². The van der Waals surface area contributed by atoms with Crippen molar-refractivity contribution in [3.63, 3.8) is 0 Å². The van der Waals surface area contributed by atoms with Crippen LogP contribution < -0.4 is 0 Å². The van der Waals surface area contributed by atoms with Crippen LogP contribution in [0, 0.1) is 5.92 Å². The highest BCUT2D eigenvalue weighted by Crippen LogP contribution is 2.31. The summed E-state index contributed by atoms with van der Waals surface area (Å²) in [6.45, 7) is 4.64. The Kier molecular flexibility index (Phi) is 2.24. The summed E-state index contributed by atoms with van der Waals surface area (Å²) in [5.41, 5.74) is 0. The van der Waals surface area contributed by atoms with E-state index in [4.69, 9.17) is 0 Å². The molecule has 1 fully saturated rings. The van der Waals surface area contributed by atoms with Crippen LogP contribution in [-0.4, -0.2) is 11.0 Å². The number of thioether (sulfide) groups is 1. The lowest BCUT2D eigenvalue weighted by molar-refractivity contribution is 0.587. The molecule has 0 radical (unpaired) electrons. The maximum atomic E-state index is 2.32. The molecule has 0 bridgehead atoms. The molecule has 1 unspecified atom stereocenters. The minimum atomic E-state index is 0.905. The number of rotatable bonds is 1. The molecule has 0 aromatic heterocycles. The van der Waals surface area contributed by atoms with Gasteiger partial charge in [0.1, 0.15) is 0 Å². The lowest BCUT2D eigenvalue weighted by Gasteiger charge is -2.10. The van der Waals surface area contributed by atoms with E-state index in [1.54, 1.807) is 0 Å². The van der Waals surface area contributed by atoms with E-state index in [0.29, 0.717) is 0 Å². The fraction of sp³-hybridized carbons (Fsp3) is 1.00. The van der Waals surface area contributed by atoms with E-state index in [9.17, 15) is 0 Å². The normalized spacial score (nSPS) is 29.6. The summed E-state index contributed by atoms with van der Waals surface area (Å²) in [4.78, 5) is 0. The Morgan fingerprint density at radius 1 is 1.50 bits per heavy atom. The van der Waals surface area contributed by atoms with Gasteiger partial charge in [-0.05, 0) is 24.5 Å². The van der Waals surface area contributed by atoms with Crippen molar-refractivity contribution in [2.24, 2.45) is 5.92 Å². The van der Waals surface area contributed by atoms with Gasteiger partial charge in [0.05, 0.1) is 0 Å². The van der Waals surface area contributed by atoms with Gasteiger partial charge in [-0.25, -0.2) is 0 Å². The molecule has 1 aliphatic rings. The SMILES string of the molecule is CC(C)C1CCCS1. The molecule has 1 aliphatic heterocycles. The molecule has 0 nitrogen and oxygen atoms in total. The Morgan fingerprint density at radius 3 is 2.50 bits per heavy atom. The van der Waals surface area contributed by atoms with Gasteiger partial charge < -0.3 is 0 Å². The quantitative estimate of drug-likeness (QED) is 0.525. The lowest BCUT2D eigenvalue weighted by Crippen LogP contribution is -2.05. The van der Waals surface area contributed by atoms with Crippen molar-refractivity contribution in [2.75, 3.05) is 5.75 Å². The van der Waals surface area contributed by atoms with E-state index in [2.05, 4.69) is 25.6 Å². The third kappa shape index (κ3) is 1.41. The average Bonchev–Trinajstić information content (AvgIpc) is 2.12. The first kappa shape index (κ1) is 6.47. The first-order valence-corrected chi connectivity index (χ1v) is 4.47. The predicted molar refractivity (Wildman–Crippen MR) is 40.3 cm³/mol. The zero-order chi connectivity index (χ0) is 5.98. The third-order valence-corrected chi connectivity index (χ3v) is 3.44. The first-order valence-electron chi connectivity index (χ1n) is 3.42. The van der Waals surface area contributed by atoms with Crippen molar-refractivity contribution in [1.82, 2.24) is 0 Å². The van der Waals surface area contributed by atoms with E-state index in [1.165, 1.54) is 18.6 Å². The molecule has 0 spiro atoms. The van der Waals surface area contributed by atoms with Gasteiger partial charge in [-0.2, -0.15) is 11.8 Å². The molecule has 0 amide bonds. The Bertz CT molecular complexity index is 62.8. The minimum Gasteiger partial charge on any atom is -0.158 e. The highest BCUT2D eigenvalue weighted by Gasteiger charge is 2.17. The molecular formula is C7H14S. The van der Waals surface area contributed by atoms with Crippen LogP contribution in [0.1, 0.15) is 26.7 Å². The van der Waals surface area contributed by atoms with Crippen molar-refractivity contribution in [3.05, 3.63) is 0 Å². The van der Waals surface area contributed by atoms with Gasteiger partial charge in [-0.3, -0.25) is 0 Å². The fourth-order valence-corrected chi connectivity index (χ4v) is 2.48. The summed E-state index contributed by atoms with van der Waals surface area (Å²) in [6.07, 6.45) is 2.91. The zero-order valence-electron chi connectivity index (χ0n) is 5.68.